The van der Waals surface area contributed by atoms with Gasteiger partial charge in [0.1, 0.15) is 5.82 Å². The van der Waals surface area contributed by atoms with Gasteiger partial charge in [0.2, 0.25) is 0 Å². The van der Waals surface area contributed by atoms with E-state index >= 15 is 0 Å². The summed E-state index contributed by atoms with van der Waals surface area (Å²) < 4.78 is 7.38. The monoisotopic (exact) mass is 334 g/mol. The number of nitrogens with one attached hydrogen (secondary N) is 1. The summed E-state index contributed by atoms with van der Waals surface area (Å²) in [5, 5.41) is 8.00. The van der Waals surface area contributed by atoms with Gasteiger partial charge in [-0.3, -0.25) is 4.98 Å². The van der Waals surface area contributed by atoms with Gasteiger partial charge in [-0.15, -0.1) is 0 Å². The van der Waals surface area contributed by atoms with Gasteiger partial charge in [-0.2, -0.15) is 9.61 Å². The number of anilines is 1. The van der Waals surface area contributed by atoms with Crippen molar-refractivity contribution in [1.29, 1.82) is 0 Å². The molecule has 0 unspecified atom stereocenters. The lowest BCUT2D eigenvalue weighted by molar-refractivity contribution is 0.0845. The second kappa shape index (κ2) is 7.23. The molecule has 4 rings (SSSR count). The highest BCUT2D eigenvalue weighted by Crippen LogP contribution is 2.27. The van der Waals surface area contributed by atoms with Crippen molar-refractivity contribution in [2.24, 2.45) is 0 Å². The van der Waals surface area contributed by atoms with Crippen molar-refractivity contribution in [1.82, 2.24) is 19.6 Å². The summed E-state index contributed by atoms with van der Waals surface area (Å²) in [5.41, 5.74) is 4.21. The third-order valence-corrected chi connectivity index (χ3v) is 4.67. The van der Waals surface area contributed by atoms with Crippen molar-refractivity contribution in [3.63, 3.8) is 0 Å². The molecule has 4 heterocycles. The molecular weight excluding hydrogens is 313 g/mol. The first-order chi connectivity index (χ1) is 12.3. The van der Waals surface area contributed by atoms with Crippen molar-refractivity contribution in [3.05, 3.63) is 48.0 Å². The Labute approximate surface area is 147 Å². The molecule has 6 nitrogen and oxygen atoms in total. The third kappa shape index (κ3) is 3.37. The molecule has 1 aliphatic rings. The summed E-state index contributed by atoms with van der Waals surface area (Å²) >= 11 is 0. The Morgan fingerprint density at radius 3 is 2.96 bits per heavy atom. The van der Waals surface area contributed by atoms with Crippen LogP contribution >= 0.6 is 0 Å². The quantitative estimate of drug-likeness (QED) is 0.723. The van der Waals surface area contributed by atoms with Gasteiger partial charge in [0.15, 0.2) is 12.9 Å². The summed E-state index contributed by atoms with van der Waals surface area (Å²) in [6.07, 6.45) is 7.56. The average Bonchev–Trinajstić information content (AvgIpc) is 3.11. The van der Waals surface area contributed by atoms with E-state index < -0.39 is 0 Å². The van der Waals surface area contributed by atoms with E-state index in [2.05, 4.69) is 27.5 Å². The molecule has 7 heteroatoms. The van der Waals surface area contributed by atoms with Gasteiger partial charge in [-0.1, -0.05) is 12.9 Å². The van der Waals surface area contributed by atoms with Crippen molar-refractivity contribution in [2.75, 3.05) is 18.5 Å². The van der Waals surface area contributed by atoms with E-state index in [1.807, 2.05) is 37.1 Å². The van der Waals surface area contributed by atoms with Gasteiger partial charge in [0.05, 0.1) is 0 Å². The Balaban J connectivity index is 1.69. The molecule has 0 aliphatic carbocycles. The summed E-state index contributed by atoms with van der Waals surface area (Å²) in [6, 6.07) is 6.14. The number of hydrogen-bond donors (Lipinski definition) is 1. The smallest absolute Gasteiger partial charge is 0.155 e. The van der Waals surface area contributed by atoms with Crippen LogP contribution in [-0.4, -0.2) is 40.1 Å². The molecule has 3 aromatic heterocycles. The fourth-order valence-corrected chi connectivity index (χ4v) is 3.23. The molecule has 1 saturated heterocycles. The number of nitrogens with zero attached hydrogens (tertiary/aromatic N) is 4. The molecule has 1 radical (unpaired) electrons. The highest BCUT2D eigenvalue weighted by Gasteiger charge is 2.20. The standard InChI is InChI=1S/C18H21BN5O/c1-19-15-12-22-24-17(21-11-13-3-2-6-20-10-13)9-16(23-18(15)24)14-4-7-25-8-5-14/h2-3,6,9-10,12,14,21H,4-5,7-8,11H2,1H3. The minimum Gasteiger partial charge on any atom is -0.381 e. The lowest BCUT2D eigenvalue weighted by atomic mass is 9.75. The fourth-order valence-electron chi connectivity index (χ4n) is 3.23. The minimum absolute atomic E-state index is 0.442. The largest absolute Gasteiger partial charge is 0.381 e. The maximum absolute atomic E-state index is 5.50. The number of ether oxygens (including phenoxy) is 1. The topological polar surface area (TPSA) is 64.3 Å². The van der Waals surface area contributed by atoms with E-state index in [1.54, 1.807) is 6.20 Å². The second-order valence-corrected chi connectivity index (χ2v) is 6.29. The SMILES string of the molecule is C[B]c1cnn2c(NCc3cccnc3)cc(C3CCOCC3)nc12. The molecule has 0 amide bonds. The van der Waals surface area contributed by atoms with E-state index in [4.69, 9.17) is 9.72 Å². The first kappa shape index (κ1) is 16.1. The van der Waals surface area contributed by atoms with Crippen LogP contribution in [0, 0.1) is 0 Å². The number of fused-ring (bicyclic) bond motifs is 1. The summed E-state index contributed by atoms with van der Waals surface area (Å²) in [4.78, 5) is 9.08. The van der Waals surface area contributed by atoms with Gasteiger partial charge < -0.3 is 10.1 Å². The number of pyridine rings is 1. The molecule has 0 saturated carbocycles. The molecule has 1 fully saturated rings. The van der Waals surface area contributed by atoms with Crippen LogP contribution in [0.5, 0.6) is 0 Å². The summed E-state index contributed by atoms with van der Waals surface area (Å²) in [5.74, 6) is 1.40. The van der Waals surface area contributed by atoms with Crippen LogP contribution in [-0.2, 0) is 11.3 Å². The molecule has 0 bridgehead atoms. The highest BCUT2D eigenvalue weighted by atomic mass is 16.5. The van der Waals surface area contributed by atoms with Crippen molar-refractivity contribution in [2.45, 2.75) is 32.1 Å². The Morgan fingerprint density at radius 2 is 2.20 bits per heavy atom. The summed E-state index contributed by atoms with van der Waals surface area (Å²) in [7, 11) is 2.05. The van der Waals surface area contributed by atoms with Gasteiger partial charge in [-0.25, -0.2) is 4.98 Å². The molecule has 0 atom stereocenters. The molecule has 1 N–H and O–H groups in total. The number of rotatable bonds is 5. The maximum atomic E-state index is 5.50. The van der Waals surface area contributed by atoms with Crippen LogP contribution in [0.15, 0.2) is 36.8 Å². The predicted molar refractivity (Wildman–Crippen MR) is 98.6 cm³/mol. The number of aromatic nitrogens is 4. The third-order valence-electron chi connectivity index (χ3n) is 4.67. The Hall–Kier alpha value is -2.41. The molecule has 3 aromatic rings. The van der Waals surface area contributed by atoms with E-state index in [-0.39, 0.29) is 0 Å². The van der Waals surface area contributed by atoms with Crippen molar-refractivity contribution >= 4 is 24.2 Å². The van der Waals surface area contributed by atoms with E-state index in [1.165, 1.54) is 0 Å². The van der Waals surface area contributed by atoms with Crippen molar-refractivity contribution < 1.29 is 4.74 Å². The van der Waals surface area contributed by atoms with Gasteiger partial charge >= 0.3 is 0 Å². The van der Waals surface area contributed by atoms with E-state index in [0.717, 1.165) is 54.2 Å². The van der Waals surface area contributed by atoms with Gasteiger partial charge in [0.25, 0.3) is 0 Å². The van der Waals surface area contributed by atoms with Crippen LogP contribution in [0.1, 0.15) is 30.0 Å². The van der Waals surface area contributed by atoms with Crippen LogP contribution in [0.4, 0.5) is 5.82 Å². The Bertz CT molecular complexity index is 845. The van der Waals surface area contributed by atoms with Crippen LogP contribution in [0.3, 0.4) is 0 Å². The van der Waals surface area contributed by atoms with E-state index in [0.29, 0.717) is 12.5 Å². The van der Waals surface area contributed by atoms with Crippen LogP contribution < -0.4 is 10.8 Å². The predicted octanol–water partition coefficient (Wildman–Crippen LogP) is 2.01. The minimum atomic E-state index is 0.442. The zero-order valence-electron chi connectivity index (χ0n) is 14.4. The molecule has 25 heavy (non-hydrogen) atoms. The Morgan fingerprint density at radius 1 is 1.32 bits per heavy atom. The second-order valence-electron chi connectivity index (χ2n) is 6.29. The lowest BCUT2D eigenvalue weighted by Crippen LogP contribution is -2.18. The zero-order valence-corrected chi connectivity index (χ0v) is 14.4. The molecular formula is C18H21BN5O. The zero-order chi connectivity index (χ0) is 17.1. The van der Waals surface area contributed by atoms with Gasteiger partial charge in [0, 0.05) is 56.0 Å². The fraction of sp³-hybridized carbons (Fsp3) is 0.389. The lowest BCUT2D eigenvalue weighted by Gasteiger charge is -2.22. The van der Waals surface area contributed by atoms with Gasteiger partial charge in [-0.05, 0) is 29.9 Å². The highest BCUT2D eigenvalue weighted by molar-refractivity contribution is 6.54. The van der Waals surface area contributed by atoms with E-state index in [9.17, 15) is 0 Å². The molecule has 0 aromatic carbocycles. The van der Waals surface area contributed by atoms with Crippen molar-refractivity contribution in [3.8, 4) is 0 Å². The average molecular weight is 334 g/mol. The molecule has 127 valence electrons. The Kier molecular flexibility index (Phi) is 4.65. The van der Waals surface area contributed by atoms with Crippen LogP contribution in [0.25, 0.3) is 5.65 Å². The maximum Gasteiger partial charge on any atom is 0.155 e. The van der Waals surface area contributed by atoms with Crippen LogP contribution in [0.2, 0.25) is 6.82 Å². The first-order valence-corrected chi connectivity index (χ1v) is 8.73. The first-order valence-electron chi connectivity index (χ1n) is 8.73. The number of hydrogen-bond acceptors (Lipinski definition) is 5. The summed E-state index contributed by atoms with van der Waals surface area (Å²) in [6.45, 7) is 4.33. The molecule has 1 aliphatic heterocycles. The normalized spacial score (nSPS) is 15.4. The molecule has 0 spiro atoms.